The Morgan fingerprint density at radius 3 is 2.38 bits per heavy atom. The number of nitrogens with zero attached hydrogens (tertiary/aromatic N) is 2. The summed E-state index contributed by atoms with van der Waals surface area (Å²) in [5, 5.41) is 0.524. The van der Waals surface area contributed by atoms with Crippen LogP contribution >= 0.6 is 11.6 Å². The fourth-order valence-corrected chi connectivity index (χ4v) is 4.16. The van der Waals surface area contributed by atoms with E-state index >= 15 is 0 Å². The average Bonchev–Trinajstić information content (AvgIpc) is 2.95. The molecule has 1 saturated heterocycles. The van der Waals surface area contributed by atoms with E-state index in [1.165, 1.54) is 4.90 Å². The number of hydrogen-bond acceptors (Lipinski definition) is 4. The van der Waals surface area contributed by atoms with Crippen LogP contribution in [-0.4, -0.2) is 43.0 Å². The first-order chi connectivity index (χ1) is 13.9. The predicted molar refractivity (Wildman–Crippen MR) is 114 cm³/mol. The highest BCUT2D eigenvalue weighted by Crippen LogP contribution is 2.38. The van der Waals surface area contributed by atoms with E-state index in [2.05, 4.69) is 0 Å². The highest BCUT2D eigenvalue weighted by Gasteiger charge is 2.43. The minimum atomic E-state index is -0.311. The fourth-order valence-electron chi connectivity index (χ4n) is 3.99. The Hall–Kier alpha value is -2.63. The van der Waals surface area contributed by atoms with Gasteiger partial charge < -0.3 is 9.64 Å². The zero-order valence-electron chi connectivity index (χ0n) is 16.8. The lowest BCUT2D eigenvalue weighted by atomic mass is 9.97. The van der Waals surface area contributed by atoms with E-state index in [4.69, 9.17) is 16.3 Å². The molecular weight excluding hydrogens is 388 g/mol. The van der Waals surface area contributed by atoms with Crippen molar-refractivity contribution < 1.29 is 14.3 Å². The number of anilines is 1. The summed E-state index contributed by atoms with van der Waals surface area (Å²) < 4.78 is 5.46. The largest absolute Gasteiger partial charge is 0.378 e. The molecule has 2 aromatic rings. The maximum Gasteiger partial charge on any atom is 0.282 e. The van der Waals surface area contributed by atoms with Crippen LogP contribution in [0, 0.1) is 20.8 Å². The third-order valence-electron chi connectivity index (χ3n) is 5.52. The van der Waals surface area contributed by atoms with Crippen molar-refractivity contribution in [3.63, 3.8) is 0 Å². The predicted octanol–water partition coefficient (Wildman–Crippen LogP) is 3.88. The summed E-state index contributed by atoms with van der Waals surface area (Å²) in [6.07, 6.45) is 0. The first kappa shape index (κ1) is 19.7. The normalized spacial score (nSPS) is 17.5. The van der Waals surface area contributed by atoms with Gasteiger partial charge in [0.2, 0.25) is 0 Å². The molecule has 2 amide bonds. The Kier molecular flexibility index (Phi) is 5.19. The van der Waals surface area contributed by atoms with Gasteiger partial charge in [0, 0.05) is 18.1 Å². The number of amides is 2. The SMILES string of the molecule is Cc1ccc(C2=C(N3CCOCC3)C(=O)N(c3cccc(Cl)c3C)C2=O)c(C)c1. The van der Waals surface area contributed by atoms with E-state index in [9.17, 15) is 9.59 Å². The molecule has 0 radical (unpaired) electrons. The Morgan fingerprint density at radius 1 is 0.966 bits per heavy atom. The number of aryl methyl sites for hydroxylation is 2. The molecule has 5 nitrogen and oxygen atoms in total. The Morgan fingerprint density at radius 2 is 1.69 bits per heavy atom. The molecule has 0 spiro atoms. The average molecular weight is 411 g/mol. The van der Waals surface area contributed by atoms with Gasteiger partial charge in [-0.2, -0.15) is 0 Å². The van der Waals surface area contributed by atoms with Gasteiger partial charge >= 0.3 is 0 Å². The van der Waals surface area contributed by atoms with Crippen LogP contribution in [0.25, 0.3) is 5.57 Å². The summed E-state index contributed by atoms with van der Waals surface area (Å²) in [4.78, 5) is 30.4. The molecule has 0 bridgehead atoms. The minimum absolute atomic E-state index is 0.308. The number of carbonyl (C=O) groups excluding carboxylic acids is 2. The van der Waals surface area contributed by atoms with Crippen molar-refractivity contribution in [1.82, 2.24) is 4.90 Å². The van der Waals surface area contributed by atoms with E-state index in [0.29, 0.717) is 53.8 Å². The summed E-state index contributed by atoms with van der Waals surface area (Å²) in [6.45, 7) is 8.01. The van der Waals surface area contributed by atoms with Crippen LogP contribution in [0.1, 0.15) is 22.3 Å². The molecule has 150 valence electrons. The molecule has 2 aromatic carbocycles. The van der Waals surface area contributed by atoms with Gasteiger partial charge in [0.25, 0.3) is 11.8 Å². The Balaban J connectivity index is 1.89. The lowest BCUT2D eigenvalue weighted by molar-refractivity contribution is -0.121. The van der Waals surface area contributed by atoms with Crippen molar-refractivity contribution in [3.8, 4) is 0 Å². The van der Waals surface area contributed by atoms with Gasteiger partial charge in [-0.15, -0.1) is 0 Å². The van der Waals surface area contributed by atoms with Crippen molar-refractivity contribution in [1.29, 1.82) is 0 Å². The van der Waals surface area contributed by atoms with E-state index in [-0.39, 0.29) is 11.8 Å². The van der Waals surface area contributed by atoms with Crippen LogP contribution in [0.4, 0.5) is 5.69 Å². The van der Waals surface area contributed by atoms with Crippen molar-refractivity contribution in [2.24, 2.45) is 0 Å². The molecule has 0 aliphatic carbocycles. The van der Waals surface area contributed by atoms with Crippen molar-refractivity contribution in [2.75, 3.05) is 31.2 Å². The molecule has 4 rings (SSSR count). The molecule has 0 atom stereocenters. The van der Waals surface area contributed by atoms with E-state index in [0.717, 1.165) is 16.7 Å². The maximum atomic E-state index is 13.6. The molecule has 2 heterocycles. The van der Waals surface area contributed by atoms with Crippen LogP contribution in [-0.2, 0) is 14.3 Å². The van der Waals surface area contributed by atoms with E-state index < -0.39 is 0 Å². The van der Waals surface area contributed by atoms with Crippen LogP contribution < -0.4 is 4.90 Å². The number of imide groups is 1. The van der Waals surface area contributed by atoms with E-state index in [1.807, 2.05) is 43.9 Å². The third-order valence-corrected chi connectivity index (χ3v) is 5.93. The highest BCUT2D eigenvalue weighted by atomic mass is 35.5. The van der Waals surface area contributed by atoms with Crippen molar-refractivity contribution in [3.05, 3.63) is 69.4 Å². The number of rotatable bonds is 3. The van der Waals surface area contributed by atoms with Crippen LogP contribution in [0.2, 0.25) is 5.02 Å². The van der Waals surface area contributed by atoms with E-state index in [1.54, 1.807) is 18.2 Å². The number of benzene rings is 2. The molecule has 2 aliphatic rings. The summed E-state index contributed by atoms with van der Waals surface area (Å²) in [7, 11) is 0. The first-order valence-electron chi connectivity index (χ1n) is 9.68. The molecule has 0 N–H and O–H groups in total. The monoisotopic (exact) mass is 410 g/mol. The molecule has 29 heavy (non-hydrogen) atoms. The number of carbonyl (C=O) groups is 2. The lowest BCUT2D eigenvalue weighted by Gasteiger charge is -2.30. The maximum absolute atomic E-state index is 13.6. The summed E-state index contributed by atoms with van der Waals surface area (Å²) in [6, 6.07) is 11.2. The first-order valence-corrected chi connectivity index (χ1v) is 10.1. The van der Waals surface area contributed by atoms with Gasteiger partial charge in [0.1, 0.15) is 5.70 Å². The molecular formula is C23H23ClN2O3. The van der Waals surface area contributed by atoms with Gasteiger partial charge in [-0.25, -0.2) is 4.90 Å². The summed E-state index contributed by atoms with van der Waals surface area (Å²) >= 11 is 6.28. The molecule has 0 aromatic heterocycles. The van der Waals surface area contributed by atoms with Gasteiger partial charge in [0.05, 0.1) is 24.5 Å². The number of halogens is 1. The molecule has 0 unspecified atom stereocenters. The number of ether oxygens (including phenoxy) is 1. The summed E-state index contributed by atoms with van der Waals surface area (Å²) in [5.41, 5.74) is 5.00. The van der Waals surface area contributed by atoms with Crippen LogP contribution in [0.3, 0.4) is 0 Å². The number of hydrogen-bond donors (Lipinski definition) is 0. The van der Waals surface area contributed by atoms with Gasteiger partial charge in [0.15, 0.2) is 0 Å². The Labute approximate surface area is 175 Å². The molecule has 6 heteroatoms. The zero-order valence-corrected chi connectivity index (χ0v) is 17.5. The van der Waals surface area contributed by atoms with Crippen LogP contribution in [0.15, 0.2) is 42.1 Å². The summed E-state index contributed by atoms with van der Waals surface area (Å²) in [5.74, 6) is -0.619. The van der Waals surface area contributed by atoms with Gasteiger partial charge in [-0.3, -0.25) is 9.59 Å². The third kappa shape index (κ3) is 3.34. The number of morpholine rings is 1. The molecule has 1 fully saturated rings. The molecule has 2 aliphatic heterocycles. The van der Waals surface area contributed by atoms with Crippen molar-refractivity contribution >= 4 is 34.7 Å². The second-order valence-corrected chi connectivity index (χ2v) is 7.88. The second-order valence-electron chi connectivity index (χ2n) is 7.47. The van der Waals surface area contributed by atoms with Gasteiger partial charge in [-0.05, 0) is 49.6 Å². The topological polar surface area (TPSA) is 49.9 Å². The van der Waals surface area contributed by atoms with Crippen LogP contribution in [0.5, 0.6) is 0 Å². The quantitative estimate of drug-likeness (QED) is 0.720. The standard InChI is InChI=1S/C23H23ClN2O3/c1-14-7-8-17(15(2)13-14)20-21(25-9-11-29-12-10-25)23(28)26(22(20)27)19-6-4-5-18(24)16(19)3/h4-8,13H,9-12H2,1-3H3. The fraction of sp³-hybridized carbons (Fsp3) is 0.304. The highest BCUT2D eigenvalue weighted by molar-refractivity contribution is 6.46. The van der Waals surface area contributed by atoms with Crippen molar-refractivity contribution in [2.45, 2.75) is 20.8 Å². The second kappa shape index (κ2) is 7.65. The Bertz CT molecular complexity index is 1040. The lowest BCUT2D eigenvalue weighted by Crippen LogP contribution is -2.40. The molecule has 0 saturated carbocycles. The zero-order chi connectivity index (χ0) is 20.7. The van der Waals surface area contributed by atoms with Gasteiger partial charge in [-0.1, -0.05) is 41.4 Å². The smallest absolute Gasteiger partial charge is 0.282 e. The minimum Gasteiger partial charge on any atom is -0.378 e.